The van der Waals surface area contributed by atoms with Crippen LogP contribution in [0.15, 0.2) is 9.98 Å². The minimum atomic E-state index is 0.966. The first kappa shape index (κ1) is 7.58. The third kappa shape index (κ3) is 1.75. The molecule has 4 heteroatoms. The highest BCUT2D eigenvalue weighted by Gasteiger charge is 2.08. The third-order valence-electron chi connectivity index (χ3n) is 2.20. The zero-order valence-corrected chi connectivity index (χ0v) is 7.19. The van der Waals surface area contributed by atoms with Crippen molar-refractivity contribution in [1.82, 2.24) is 9.80 Å². The predicted molar refractivity (Wildman–Crippen MR) is 49.9 cm³/mol. The fraction of sp³-hybridized carbons (Fsp3) is 0.750. The van der Waals surface area contributed by atoms with Crippen LogP contribution < -0.4 is 0 Å². The first-order valence-electron chi connectivity index (χ1n) is 4.43. The number of aliphatic imine (C=N–C) groups is 2. The van der Waals surface area contributed by atoms with Crippen LogP contribution in [0, 0.1) is 0 Å². The molecule has 0 radical (unpaired) electrons. The molecule has 0 aromatic carbocycles. The first-order valence-corrected chi connectivity index (χ1v) is 4.43. The predicted octanol–water partition coefficient (Wildman–Crippen LogP) is -0.326. The Kier molecular flexibility index (Phi) is 2.25. The zero-order chi connectivity index (χ0) is 8.23. The van der Waals surface area contributed by atoms with Gasteiger partial charge in [0, 0.05) is 26.2 Å². The normalized spacial score (nSPS) is 21.3. The maximum absolute atomic E-state index is 4.16. The van der Waals surface area contributed by atoms with Crippen molar-refractivity contribution in [1.29, 1.82) is 0 Å². The summed E-state index contributed by atoms with van der Waals surface area (Å²) in [4.78, 5) is 12.8. The van der Waals surface area contributed by atoms with Crippen molar-refractivity contribution in [3.63, 3.8) is 0 Å². The molecule has 66 valence electrons. The van der Waals surface area contributed by atoms with E-state index in [1.165, 1.54) is 0 Å². The Bertz CT molecular complexity index is 177. The summed E-state index contributed by atoms with van der Waals surface area (Å²) >= 11 is 0. The number of hydrogen-bond acceptors (Lipinski definition) is 4. The standard InChI is InChI=1S/C8H14N4/c1-3-11(7-9-1)5-6-12-4-2-10-8-12/h7-8H,1-6H2. The quantitative estimate of drug-likeness (QED) is 0.575. The van der Waals surface area contributed by atoms with E-state index in [1.54, 1.807) is 0 Å². The summed E-state index contributed by atoms with van der Waals surface area (Å²) in [5.41, 5.74) is 0. The Labute approximate surface area is 72.6 Å². The fourth-order valence-corrected chi connectivity index (χ4v) is 1.43. The molecule has 0 amide bonds. The van der Waals surface area contributed by atoms with Gasteiger partial charge in [0.05, 0.1) is 25.8 Å². The minimum absolute atomic E-state index is 0.966. The van der Waals surface area contributed by atoms with Crippen LogP contribution in [0.3, 0.4) is 0 Å². The summed E-state index contributed by atoms with van der Waals surface area (Å²) in [6.45, 7) is 6.27. The molecule has 0 saturated heterocycles. The lowest BCUT2D eigenvalue weighted by Gasteiger charge is -2.18. The van der Waals surface area contributed by atoms with Gasteiger partial charge < -0.3 is 9.80 Å². The molecular formula is C8H14N4. The minimum Gasteiger partial charge on any atom is -0.359 e. The van der Waals surface area contributed by atoms with E-state index >= 15 is 0 Å². The van der Waals surface area contributed by atoms with Crippen LogP contribution in [0.4, 0.5) is 0 Å². The van der Waals surface area contributed by atoms with Crippen LogP contribution in [-0.4, -0.2) is 61.7 Å². The lowest BCUT2D eigenvalue weighted by atomic mass is 10.5. The first-order chi connectivity index (χ1) is 5.95. The van der Waals surface area contributed by atoms with Gasteiger partial charge in [-0.2, -0.15) is 0 Å². The van der Waals surface area contributed by atoms with Crippen LogP contribution >= 0.6 is 0 Å². The molecule has 0 unspecified atom stereocenters. The van der Waals surface area contributed by atoms with E-state index in [1.807, 2.05) is 12.7 Å². The van der Waals surface area contributed by atoms with Gasteiger partial charge in [-0.15, -0.1) is 0 Å². The fourth-order valence-electron chi connectivity index (χ4n) is 1.43. The number of nitrogens with zero attached hydrogens (tertiary/aromatic N) is 4. The van der Waals surface area contributed by atoms with E-state index in [0.717, 1.165) is 39.3 Å². The van der Waals surface area contributed by atoms with Crippen molar-refractivity contribution in [2.24, 2.45) is 9.98 Å². The molecule has 2 aliphatic heterocycles. The Balaban J connectivity index is 1.67. The molecule has 4 nitrogen and oxygen atoms in total. The summed E-state index contributed by atoms with van der Waals surface area (Å²) < 4.78 is 0. The zero-order valence-electron chi connectivity index (χ0n) is 7.19. The molecule has 0 atom stereocenters. The topological polar surface area (TPSA) is 31.2 Å². The van der Waals surface area contributed by atoms with E-state index in [-0.39, 0.29) is 0 Å². The molecule has 0 spiro atoms. The van der Waals surface area contributed by atoms with E-state index in [2.05, 4.69) is 19.8 Å². The van der Waals surface area contributed by atoms with Crippen LogP contribution in [0.2, 0.25) is 0 Å². The highest BCUT2D eigenvalue weighted by molar-refractivity contribution is 5.58. The third-order valence-corrected chi connectivity index (χ3v) is 2.20. The monoisotopic (exact) mass is 166 g/mol. The molecule has 0 aromatic heterocycles. The van der Waals surface area contributed by atoms with Crippen LogP contribution in [0.1, 0.15) is 0 Å². The van der Waals surface area contributed by atoms with Crippen molar-refractivity contribution in [3.05, 3.63) is 0 Å². The van der Waals surface area contributed by atoms with E-state index < -0.39 is 0 Å². The van der Waals surface area contributed by atoms with Crippen LogP contribution in [-0.2, 0) is 0 Å². The van der Waals surface area contributed by atoms with Gasteiger partial charge in [-0.25, -0.2) is 0 Å². The van der Waals surface area contributed by atoms with E-state index in [9.17, 15) is 0 Å². The van der Waals surface area contributed by atoms with Gasteiger partial charge in [-0.1, -0.05) is 0 Å². The maximum atomic E-state index is 4.16. The van der Waals surface area contributed by atoms with Crippen molar-refractivity contribution in [2.45, 2.75) is 0 Å². The van der Waals surface area contributed by atoms with Crippen LogP contribution in [0.5, 0.6) is 0 Å². The number of rotatable bonds is 3. The van der Waals surface area contributed by atoms with Gasteiger partial charge in [-0.3, -0.25) is 9.98 Å². The molecule has 0 aliphatic carbocycles. The Morgan fingerprint density at radius 2 is 1.42 bits per heavy atom. The average molecular weight is 166 g/mol. The molecule has 0 bridgehead atoms. The van der Waals surface area contributed by atoms with Gasteiger partial charge in [-0.05, 0) is 0 Å². The molecule has 0 fully saturated rings. The lowest BCUT2D eigenvalue weighted by molar-refractivity contribution is 0.381. The summed E-state index contributed by atoms with van der Waals surface area (Å²) in [7, 11) is 0. The van der Waals surface area contributed by atoms with Crippen molar-refractivity contribution >= 4 is 12.7 Å². The van der Waals surface area contributed by atoms with Crippen molar-refractivity contribution in [2.75, 3.05) is 39.3 Å². The Morgan fingerprint density at radius 3 is 1.75 bits per heavy atom. The van der Waals surface area contributed by atoms with E-state index in [0.29, 0.717) is 0 Å². The van der Waals surface area contributed by atoms with Gasteiger partial charge >= 0.3 is 0 Å². The molecule has 0 N–H and O–H groups in total. The Hall–Kier alpha value is -1.06. The Morgan fingerprint density at radius 1 is 0.917 bits per heavy atom. The summed E-state index contributed by atoms with van der Waals surface area (Å²) in [5.74, 6) is 0. The second kappa shape index (κ2) is 3.56. The maximum Gasteiger partial charge on any atom is 0.0851 e. The lowest BCUT2D eigenvalue weighted by Crippen LogP contribution is -2.32. The van der Waals surface area contributed by atoms with Gasteiger partial charge in [0.25, 0.3) is 0 Å². The largest absolute Gasteiger partial charge is 0.359 e. The molecule has 2 rings (SSSR count). The molecule has 2 heterocycles. The van der Waals surface area contributed by atoms with Crippen molar-refractivity contribution in [3.8, 4) is 0 Å². The number of hydrogen-bond donors (Lipinski definition) is 0. The highest BCUT2D eigenvalue weighted by atomic mass is 15.3. The SMILES string of the molecule is C1=NCCN1CCN1C=NCC1. The molecule has 2 aliphatic rings. The van der Waals surface area contributed by atoms with Crippen molar-refractivity contribution < 1.29 is 0 Å². The molecule has 0 aromatic rings. The summed E-state index contributed by atoms with van der Waals surface area (Å²) in [5, 5.41) is 0. The highest BCUT2D eigenvalue weighted by Crippen LogP contribution is 1.96. The van der Waals surface area contributed by atoms with Crippen LogP contribution in [0.25, 0.3) is 0 Å². The van der Waals surface area contributed by atoms with E-state index in [4.69, 9.17) is 0 Å². The molecular weight excluding hydrogens is 152 g/mol. The average Bonchev–Trinajstić information content (AvgIpc) is 2.74. The van der Waals surface area contributed by atoms with Gasteiger partial charge in [0.2, 0.25) is 0 Å². The van der Waals surface area contributed by atoms with Gasteiger partial charge in [0.15, 0.2) is 0 Å². The molecule has 0 saturated carbocycles. The molecule has 12 heavy (non-hydrogen) atoms. The van der Waals surface area contributed by atoms with Gasteiger partial charge in [0.1, 0.15) is 0 Å². The summed E-state index contributed by atoms with van der Waals surface area (Å²) in [6.07, 6.45) is 3.90. The summed E-state index contributed by atoms with van der Waals surface area (Å²) in [6, 6.07) is 0. The second-order valence-electron chi connectivity index (χ2n) is 3.12. The second-order valence-corrected chi connectivity index (χ2v) is 3.12. The smallest absolute Gasteiger partial charge is 0.0851 e.